The first kappa shape index (κ1) is 21.3. The van der Waals surface area contributed by atoms with Crippen LogP contribution >= 0.6 is 23.2 Å². The molecule has 0 saturated carbocycles. The second-order valence-corrected chi connectivity index (χ2v) is 9.20. The van der Waals surface area contributed by atoms with E-state index in [-0.39, 0.29) is 0 Å². The molecular weight excluding hydrogens is 433 g/mol. The van der Waals surface area contributed by atoms with Gasteiger partial charge in [-0.2, -0.15) is 0 Å². The van der Waals surface area contributed by atoms with Crippen LogP contribution in [0.5, 0.6) is 0 Å². The molecule has 0 saturated heterocycles. The molecule has 0 aliphatic carbocycles. The minimum Gasteiger partial charge on any atom is -0.281 e. The molecule has 160 valence electrons. The molecule has 1 aliphatic rings. The minimum absolute atomic E-state index is 0.425. The monoisotopic (exact) mass is 457 g/mol. The summed E-state index contributed by atoms with van der Waals surface area (Å²) in [6.45, 7) is 3.67. The molecule has 0 fully saturated rings. The van der Waals surface area contributed by atoms with E-state index in [1.54, 1.807) is 0 Å². The van der Waals surface area contributed by atoms with E-state index in [4.69, 9.17) is 23.2 Å². The summed E-state index contributed by atoms with van der Waals surface area (Å²) in [7, 11) is 0. The van der Waals surface area contributed by atoms with Crippen molar-refractivity contribution in [2.24, 2.45) is 0 Å². The standard InChI is InChI=1S/C29H25Cl2N/c1-21-27(30)19-22-20-32(18-17-26(22)28(21)31)29(23-11-5-2-6-12-23,24-13-7-3-8-14-24)25-15-9-4-10-16-25/h2-16,19H,17-18,20H2,1H3. The molecule has 3 heteroatoms. The largest absolute Gasteiger partial charge is 0.281 e. The molecule has 4 aromatic carbocycles. The number of hydrogen-bond acceptors (Lipinski definition) is 1. The number of fused-ring (bicyclic) bond motifs is 1. The van der Waals surface area contributed by atoms with Crippen LogP contribution in [0, 0.1) is 6.92 Å². The van der Waals surface area contributed by atoms with Gasteiger partial charge in [0.2, 0.25) is 0 Å². The van der Waals surface area contributed by atoms with Gasteiger partial charge in [0.15, 0.2) is 0 Å². The molecule has 0 spiro atoms. The summed E-state index contributed by atoms with van der Waals surface area (Å²) in [6.07, 6.45) is 0.889. The SMILES string of the molecule is Cc1c(Cl)cc2c(c1Cl)CCN(C(c1ccccc1)(c1ccccc1)c1ccccc1)C2. The van der Waals surface area contributed by atoms with Crippen molar-refractivity contribution in [2.45, 2.75) is 25.4 Å². The van der Waals surface area contributed by atoms with Crippen molar-refractivity contribution in [3.8, 4) is 0 Å². The fourth-order valence-corrected chi connectivity index (χ4v) is 5.73. The highest BCUT2D eigenvalue weighted by atomic mass is 35.5. The first-order valence-electron chi connectivity index (χ1n) is 11.0. The molecule has 0 radical (unpaired) electrons. The average Bonchev–Trinajstić information content (AvgIpc) is 2.85. The molecule has 1 aliphatic heterocycles. The van der Waals surface area contributed by atoms with Crippen LogP contribution in [0.25, 0.3) is 0 Å². The van der Waals surface area contributed by atoms with Crippen molar-refractivity contribution in [1.82, 2.24) is 4.90 Å². The van der Waals surface area contributed by atoms with E-state index in [1.165, 1.54) is 27.8 Å². The van der Waals surface area contributed by atoms with Crippen LogP contribution in [0.3, 0.4) is 0 Å². The highest BCUT2D eigenvalue weighted by Crippen LogP contribution is 2.45. The molecule has 1 heterocycles. The Labute approximate surface area is 200 Å². The Morgan fingerprint density at radius 1 is 0.719 bits per heavy atom. The average molecular weight is 458 g/mol. The predicted molar refractivity (Wildman–Crippen MR) is 135 cm³/mol. The summed E-state index contributed by atoms with van der Waals surface area (Å²) in [5.74, 6) is 0. The Morgan fingerprint density at radius 3 is 1.66 bits per heavy atom. The lowest BCUT2D eigenvalue weighted by Gasteiger charge is -2.48. The number of halogens is 2. The zero-order valence-electron chi connectivity index (χ0n) is 18.1. The van der Waals surface area contributed by atoms with Gasteiger partial charge in [-0.25, -0.2) is 0 Å². The van der Waals surface area contributed by atoms with Gasteiger partial charge in [0, 0.05) is 23.1 Å². The maximum Gasteiger partial charge on any atom is 0.0975 e. The number of hydrogen-bond donors (Lipinski definition) is 0. The summed E-state index contributed by atoms with van der Waals surface area (Å²) >= 11 is 13.3. The molecule has 1 nitrogen and oxygen atoms in total. The van der Waals surface area contributed by atoms with Crippen LogP contribution in [-0.2, 0) is 18.5 Å². The highest BCUT2D eigenvalue weighted by molar-refractivity contribution is 6.36. The van der Waals surface area contributed by atoms with Crippen molar-refractivity contribution in [1.29, 1.82) is 0 Å². The van der Waals surface area contributed by atoms with E-state index in [9.17, 15) is 0 Å². The summed E-state index contributed by atoms with van der Waals surface area (Å²) in [5, 5.41) is 1.55. The van der Waals surface area contributed by atoms with E-state index in [1.807, 2.05) is 6.92 Å². The van der Waals surface area contributed by atoms with E-state index >= 15 is 0 Å². The normalized spacial score (nSPS) is 14.2. The molecule has 0 bridgehead atoms. The summed E-state index contributed by atoms with van der Waals surface area (Å²) in [4.78, 5) is 2.58. The molecule has 4 aromatic rings. The third-order valence-electron chi connectivity index (χ3n) is 6.68. The zero-order chi connectivity index (χ0) is 22.1. The van der Waals surface area contributed by atoms with Crippen molar-refractivity contribution in [3.63, 3.8) is 0 Å². The molecule has 5 rings (SSSR count). The van der Waals surface area contributed by atoms with Gasteiger partial charge in [-0.1, -0.05) is 114 Å². The lowest BCUT2D eigenvalue weighted by atomic mass is 9.74. The molecule has 0 aromatic heterocycles. The molecule has 0 atom stereocenters. The molecule has 0 unspecified atom stereocenters. The first-order valence-corrected chi connectivity index (χ1v) is 11.8. The topological polar surface area (TPSA) is 3.24 Å². The third-order valence-corrected chi connectivity index (χ3v) is 7.59. The van der Waals surface area contributed by atoms with Crippen LogP contribution < -0.4 is 0 Å². The van der Waals surface area contributed by atoms with Gasteiger partial charge in [0.25, 0.3) is 0 Å². The Bertz CT molecular complexity index is 1120. The minimum atomic E-state index is -0.425. The Hall–Kier alpha value is -2.58. The lowest BCUT2D eigenvalue weighted by molar-refractivity contribution is 0.139. The summed E-state index contributed by atoms with van der Waals surface area (Å²) < 4.78 is 0. The maximum atomic E-state index is 6.73. The number of rotatable bonds is 4. The second-order valence-electron chi connectivity index (χ2n) is 8.42. The van der Waals surface area contributed by atoms with Crippen LogP contribution in [0.1, 0.15) is 33.4 Å². The van der Waals surface area contributed by atoms with Crippen LogP contribution in [-0.4, -0.2) is 11.4 Å². The third kappa shape index (κ3) is 3.46. The quantitative estimate of drug-likeness (QED) is 0.284. The second kappa shape index (κ2) is 8.75. The molecule has 0 N–H and O–H groups in total. The highest BCUT2D eigenvalue weighted by Gasteiger charge is 2.43. The van der Waals surface area contributed by atoms with Crippen molar-refractivity contribution in [3.05, 3.63) is 140 Å². The van der Waals surface area contributed by atoms with Gasteiger partial charge in [-0.3, -0.25) is 4.90 Å². The zero-order valence-corrected chi connectivity index (χ0v) is 19.6. The van der Waals surface area contributed by atoms with Crippen LogP contribution in [0.4, 0.5) is 0 Å². The fraction of sp³-hybridized carbons (Fsp3) is 0.172. The Balaban J connectivity index is 1.76. The maximum absolute atomic E-state index is 6.73. The van der Waals surface area contributed by atoms with Gasteiger partial charge < -0.3 is 0 Å². The van der Waals surface area contributed by atoms with Gasteiger partial charge in [0.05, 0.1) is 5.54 Å². The van der Waals surface area contributed by atoms with Crippen molar-refractivity contribution in [2.75, 3.05) is 6.54 Å². The van der Waals surface area contributed by atoms with Gasteiger partial charge in [-0.15, -0.1) is 0 Å². The Kier molecular flexibility index (Phi) is 5.82. The van der Waals surface area contributed by atoms with Crippen molar-refractivity contribution >= 4 is 23.2 Å². The lowest BCUT2D eigenvalue weighted by Crippen LogP contribution is -2.50. The smallest absolute Gasteiger partial charge is 0.0975 e. The molecule has 32 heavy (non-hydrogen) atoms. The van der Waals surface area contributed by atoms with Gasteiger partial charge in [-0.05, 0) is 52.8 Å². The van der Waals surface area contributed by atoms with Crippen LogP contribution in [0.15, 0.2) is 97.1 Å². The van der Waals surface area contributed by atoms with E-state index in [2.05, 4.69) is 102 Å². The van der Waals surface area contributed by atoms with E-state index in [0.29, 0.717) is 0 Å². The summed E-state index contributed by atoms with van der Waals surface area (Å²) in [5.41, 5.74) is 6.75. The van der Waals surface area contributed by atoms with Gasteiger partial charge >= 0.3 is 0 Å². The fourth-order valence-electron chi connectivity index (χ4n) is 5.14. The predicted octanol–water partition coefficient (Wildman–Crippen LogP) is 7.65. The number of benzene rings is 4. The number of nitrogens with zero attached hydrogens (tertiary/aromatic N) is 1. The van der Waals surface area contributed by atoms with Crippen molar-refractivity contribution < 1.29 is 0 Å². The Morgan fingerprint density at radius 2 is 1.19 bits per heavy atom. The summed E-state index contributed by atoms with van der Waals surface area (Å²) in [6, 6.07) is 34.6. The van der Waals surface area contributed by atoms with Crippen LogP contribution in [0.2, 0.25) is 10.0 Å². The molecular formula is C29H25Cl2N. The van der Waals surface area contributed by atoms with Gasteiger partial charge in [0.1, 0.15) is 0 Å². The van der Waals surface area contributed by atoms with E-state index in [0.717, 1.165) is 35.1 Å². The molecule has 0 amide bonds. The van der Waals surface area contributed by atoms with E-state index < -0.39 is 5.54 Å². The first-order chi connectivity index (χ1) is 15.6.